The number of carbonyl (C=O) groups excluding carboxylic acids is 2. The molecule has 0 unspecified atom stereocenters. The summed E-state index contributed by atoms with van der Waals surface area (Å²) in [5.41, 5.74) is 0.433. The smallest absolute Gasteiger partial charge is 0.274 e. The van der Waals surface area contributed by atoms with Gasteiger partial charge >= 0.3 is 0 Å². The van der Waals surface area contributed by atoms with Crippen molar-refractivity contribution in [2.45, 2.75) is 24.9 Å². The molecule has 24 heavy (non-hydrogen) atoms. The molecule has 0 bridgehead atoms. The number of nitrogens with zero attached hydrogens (tertiary/aromatic N) is 3. The van der Waals surface area contributed by atoms with Crippen molar-refractivity contribution < 1.29 is 9.59 Å². The first-order chi connectivity index (χ1) is 11.7. The molecule has 1 aromatic carbocycles. The lowest BCUT2D eigenvalue weighted by Gasteiger charge is -2.27. The van der Waals surface area contributed by atoms with Gasteiger partial charge in [0.25, 0.3) is 5.91 Å². The van der Waals surface area contributed by atoms with E-state index in [0.29, 0.717) is 23.4 Å². The second-order valence-electron chi connectivity index (χ2n) is 6.35. The highest BCUT2D eigenvalue weighted by molar-refractivity contribution is 7.99. The van der Waals surface area contributed by atoms with E-state index in [9.17, 15) is 9.59 Å². The molecule has 1 saturated heterocycles. The molecule has 2 aromatic rings. The van der Waals surface area contributed by atoms with Crippen LogP contribution in [0.2, 0.25) is 0 Å². The predicted octanol–water partition coefficient (Wildman–Crippen LogP) is 2.37. The predicted molar refractivity (Wildman–Crippen MR) is 94.8 cm³/mol. The minimum absolute atomic E-state index is 0.0519. The first-order valence-corrected chi connectivity index (χ1v) is 9.31. The second-order valence-corrected chi connectivity index (χ2v) is 7.35. The van der Waals surface area contributed by atoms with Gasteiger partial charge in [-0.05, 0) is 24.3 Å². The van der Waals surface area contributed by atoms with E-state index in [1.54, 1.807) is 22.9 Å². The number of pyridine rings is 1. The number of benzene rings is 1. The first kappa shape index (κ1) is 15.4. The maximum absolute atomic E-state index is 13.1. The number of hydrogen-bond donors (Lipinski definition) is 0. The molecule has 2 fully saturated rings. The zero-order valence-corrected chi connectivity index (χ0v) is 14.3. The summed E-state index contributed by atoms with van der Waals surface area (Å²) < 4.78 is 0. The van der Waals surface area contributed by atoms with Crippen molar-refractivity contribution in [3.05, 3.63) is 42.2 Å². The van der Waals surface area contributed by atoms with E-state index in [4.69, 9.17) is 0 Å². The fraction of sp³-hybridized carbons (Fsp3) is 0.389. The van der Waals surface area contributed by atoms with Crippen molar-refractivity contribution in [2.75, 3.05) is 18.7 Å². The van der Waals surface area contributed by atoms with Crippen LogP contribution in [0.5, 0.6) is 0 Å². The molecule has 0 N–H and O–H groups in total. The van der Waals surface area contributed by atoms with Crippen LogP contribution in [0.25, 0.3) is 10.8 Å². The maximum atomic E-state index is 13.1. The Morgan fingerprint density at radius 2 is 2.04 bits per heavy atom. The Bertz CT molecular complexity index is 800. The number of rotatable bonds is 3. The molecule has 1 aliphatic carbocycles. The Balaban J connectivity index is 1.64. The number of thioether (sulfide) groups is 1. The van der Waals surface area contributed by atoms with Gasteiger partial charge in [-0.2, -0.15) is 0 Å². The highest BCUT2D eigenvalue weighted by Crippen LogP contribution is 2.30. The fourth-order valence-electron chi connectivity index (χ4n) is 3.15. The third kappa shape index (κ3) is 2.65. The van der Waals surface area contributed by atoms with E-state index in [-0.39, 0.29) is 17.9 Å². The minimum atomic E-state index is -0.381. The third-order valence-electron chi connectivity index (χ3n) is 4.75. The van der Waals surface area contributed by atoms with Crippen LogP contribution < -0.4 is 0 Å². The van der Waals surface area contributed by atoms with Crippen molar-refractivity contribution in [1.29, 1.82) is 0 Å². The zero-order chi connectivity index (χ0) is 16.7. The molecular weight excluding hydrogens is 322 g/mol. The number of likely N-dealkylation sites (N-methyl/N-ethyl adjacent to an activating group) is 1. The fourth-order valence-corrected chi connectivity index (χ4v) is 4.30. The van der Waals surface area contributed by atoms with Gasteiger partial charge in [0.15, 0.2) is 0 Å². The summed E-state index contributed by atoms with van der Waals surface area (Å²) in [6.45, 7) is 0. The van der Waals surface area contributed by atoms with Gasteiger partial charge in [0.05, 0.1) is 5.88 Å². The van der Waals surface area contributed by atoms with Gasteiger partial charge in [0.2, 0.25) is 5.91 Å². The molecule has 4 rings (SSSR count). The lowest BCUT2D eigenvalue weighted by molar-refractivity contribution is -0.134. The first-order valence-electron chi connectivity index (χ1n) is 8.16. The summed E-state index contributed by atoms with van der Waals surface area (Å²) >= 11 is 1.63. The maximum Gasteiger partial charge on any atom is 0.274 e. The standard InChI is InChI=1S/C18H19N3O2S/c1-20(13-6-7-13)17(22)15-10-24-11-21(15)18(23)16-14-5-3-2-4-12(14)8-9-19-16/h2-5,8-9,13,15H,6-7,10-11H2,1H3/t15-/m1/s1. The second kappa shape index (κ2) is 6.09. The molecule has 2 heterocycles. The number of hydrogen-bond acceptors (Lipinski definition) is 4. The van der Waals surface area contributed by atoms with E-state index in [0.717, 1.165) is 23.6 Å². The summed E-state index contributed by atoms with van der Waals surface area (Å²) in [6, 6.07) is 9.60. The van der Waals surface area contributed by atoms with Crippen LogP contribution in [0.15, 0.2) is 36.5 Å². The third-order valence-corrected chi connectivity index (χ3v) is 5.76. The molecule has 5 nitrogen and oxygen atoms in total. The summed E-state index contributed by atoms with van der Waals surface area (Å²) in [5, 5.41) is 1.82. The summed E-state index contributed by atoms with van der Waals surface area (Å²) in [7, 11) is 1.85. The molecule has 1 aromatic heterocycles. The Morgan fingerprint density at radius 1 is 1.25 bits per heavy atom. The summed E-state index contributed by atoms with van der Waals surface area (Å²) in [6.07, 6.45) is 3.80. The van der Waals surface area contributed by atoms with Gasteiger partial charge in [-0.3, -0.25) is 14.6 Å². The van der Waals surface area contributed by atoms with Crippen molar-refractivity contribution in [1.82, 2.24) is 14.8 Å². The molecule has 1 atom stereocenters. The Morgan fingerprint density at radius 3 is 2.83 bits per heavy atom. The van der Waals surface area contributed by atoms with Crippen LogP contribution in [0.4, 0.5) is 0 Å². The van der Waals surface area contributed by atoms with Crippen LogP contribution >= 0.6 is 11.8 Å². The molecular formula is C18H19N3O2S. The summed E-state index contributed by atoms with van der Waals surface area (Å²) in [4.78, 5) is 33.6. The van der Waals surface area contributed by atoms with Crippen molar-refractivity contribution in [2.24, 2.45) is 0 Å². The van der Waals surface area contributed by atoms with Crippen LogP contribution in [-0.2, 0) is 4.79 Å². The molecule has 124 valence electrons. The van der Waals surface area contributed by atoms with Gasteiger partial charge in [-0.25, -0.2) is 0 Å². The number of aromatic nitrogens is 1. The lowest BCUT2D eigenvalue weighted by atomic mass is 10.1. The average molecular weight is 341 g/mol. The number of carbonyl (C=O) groups is 2. The highest BCUT2D eigenvalue weighted by Gasteiger charge is 2.40. The molecule has 0 radical (unpaired) electrons. The SMILES string of the molecule is CN(C(=O)[C@H]1CSCN1C(=O)c1nccc2ccccc12)C1CC1. The molecule has 2 aliphatic rings. The van der Waals surface area contributed by atoms with Crippen LogP contribution in [0, 0.1) is 0 Å². The lowest BCUT2D eigenvalue weighted by Crippen LogP contribution is -2.48. The van der Waals surface area contributed by atoms with E-state index >= 15 is 0 Å². The number of amides is 2. The quantitative estimate of drug-likeness (QED) is 0.860. The zero-order valence-electron chi connectivity index (χ0n) is 13.5. The van der Waals surface area contributed by atoms with Gasteiger partial charge < -0.3 is 9.80 Å². The Hall–Kier alpha value is -2.08. The molecule has 2 amide bonds. The van der Waals surface area contributed by atoms with E-state index in [2.05, 4.69) is 4.98 Å². The normalized spacial score (nSPS) is 20.4. The largest absolute Gasteiger partial charge is 0.341 e. The van der Waals surface area contributed by atoms with Gasteiger partial charge in [0.1, 0.15) is 11.7 Å². The Labute approximate surface area is 145 Å². The minimum Gasteiger partial charge on any atom is -0.341 e. The number of fused-ring (bicyclic) bond motifs is 1. The van der Waals surface area contributed by atoms with E-state index < -0.39 is 0 Å². The van der Waals surface area contributed by atoms with E-state index in [1.165, 1.54) is 0 Å². The molecule has 6 heteroatoms. The highest BCUT2D eigenvalue weighted by atomic mass is 32.2. The van der Waals surface area contributed by atoms with Gasteiger partial charge in [-0.1, -0.05) is 24.3 Å². The monoisotopic (exact) mass is 341 g/mol. The Kier molecular flexibility index (Phi) is 3.92. The van der Waals surface area contributed by atoms with Crippen LogP contribution in [0.3, 0.4) is 0 Å². The van der Waals surface area contributed by atoms with Crippen molar-refractivity contribution in [3.63, 3.8) is 0 Å². The van der Waals surface area contributed by atoms with Crippen LogP contribution in [0.1, 0.15) is 23.3 Å². The molecule has 1 aliphatic heterocycles. The van der Waals surface area contributed by atoms with Crippen LogP contribution in [-0.4, -0.2) is 57.4 Å². The van der Waals surface area contributed by atoms with Gasteiger partial charge in [-0.15, -0.1) is 11.8 Å². The summed E-state index contributed by atoms with van der Waals surface area (Å²) in [5.74, 6) is 1.10. The molecule has 0 spiro atoms. The van der Waals surface area contributed by atoms with Gasteiger partial charge in [0, 0.05) is 30.4 Å². The molecule has 1 saturated carbocycles. The topological polar surface area (TPSA) is 53.5 Å². The van der Waals surface area contributed by atoms with Crippen molar-refractivity contribution in [3.8, 4) is 0 Å². The van der Waals surface area contributed by atoms with E-state index in [1.807, 2.05) is 42.3 Å². The van der Waals surface area contributed by atoms with Crippen molar-refractivity contribution >= 4 is 34.3 Å². The average Bonchev–Trinajstić information content (AvgIpc) is 3.36.